The monoisotopic (exact) mass is 475 g/mol. The fraction of sp³-hybridized carbons (Fsp3) is 0.379. The van der Waals surface area contributed by atoms with Crippen molar-refractivity contribution in [2.24, 2.45) is 0 Å². The summed E-state index contributed by atoms with van der Waals surface area (Å²) in [5.41, 5.74) is 2.91. The molecule has 1 aromatic heterocycles. The van der Waals surface area contributed by atoms with Crippen LogP contribution in [-0.4, -0.2) is 41.4 Å². The summed E-state index contributed by atoms with van der Waals surface area (Å²) in [6, 6.07) is 21.3. The number of carbonyl (C=O) groups is 2. The smallest absolute Gasteiger partial charge is 0.322 e. The van der Waals surface area contributed by atoms with Gasteiger partial charge in [0.25, 0.3) is 0 Å². The Labute approximate surface area is 208 Å². The maximum atomic E-state index is 13.5. The Morgan fingerprint density at radius 2 is 1.60 bits per heavy atom. The Balaban J connectivity index is 1.73. The number of carbonyl (C=O) groups excluding carboxylic acids is 2. The number of hydrogen-bond donors (Lipinski definition) is 1. The molecular formula is C29H37N3O3. The number of hydrogen-bond acceptors (Lipinski definition) is 3. The zero-order valence-electron chi connectivity index (χ0n) is 21.1. The van der Waals surface area contributed by atoms with Crippen molar-refractivity contribution >= 4 is 17.6 Å². The predicted octanol–water partition coefficient (Wildman–Crippen LogP) is 6.19. The van der Waals surface area contributed by atoms with E-state index in [4.69, 9.17) is 4.42 Å². The standard InChI is InChI=1S/C29H37N3O3/c1-4-5-11-19-32(29(34)30-27-15-10-9-12-23(27)2)22-28(33)31(21-26-17-16-24(3)35-26)20-18-25-13-7-6-8-14-25/h6-10,12-17H,4-5,11,18-22H2,1-3H3,(H,30,34). The molecule has 3 amide bonds. The summed E-state index contributed by atoms with van der Waals surface area (Å²) in [5, 5.41) is 2.99. The van der Waals surface area contributed by atoms with Crippen molar-refractivity contribution in [3.05, 3.63) is 89.4 Å². The minimum Gasteiger partial charge on any atom is -0.464 e. The molecule has 186 valence electrons. The first-order chi connectivity index (χ1) is 17.0. The summed E-state index contributed by atoms with van der Waals surface area (Å²) in [5.74, 6) is 1.46. The molecule has 6 heteroatoms. The van der Waals surface area contributed by atoms with E-state index in [9.17, 15) is 9.59 Å². The average molecular weight is 476 g/mol. The van der Waals surface area contributed by atoms with Crippen molar-refractivity contribution < 1.29 is 14.0 Å². The van der Waals surface area contributed by atoms with Gasteiger partial charge in [0.1, 0.15) is 18.1 Å². The topological polar surface area (TPSA) is 65.8 Å². The first-order valence-electron chi connectivity index (χ1n) is 12.4. The van der Waals surface area contributed by atoms with E-state index < -0.39 is 0 Å². The molecule has 0 bridgehead atoms. The van der Waals surface area contributed by atoms with Crippen LogP contribution in [0.3, 0.4) is 0 Å². The summed E-state index contributed by atoms with van der Waals surface area (Å²) in [4.78, 5) is 30.1. The van der Waals surface area contributed by atoms with Gasteiger partial charge in [-0.15, -0.1) is 0 Å². The fourth-order valence-corrected chi connectivity index (χ4v) is 3.93. The molecule has 1 N–H and O–H groups in total. The summed E-state index contributed by atoms with van der Waals surface area (Å²) in [7, 11) is 0. The molecule has 0 atom stereocenters. The number of para-hydroxylation sites is 1. The lowest BCUT2D eigenvalue weighted by Gasteiger charge is -2.28. The molecule has 0 unspecified atom stereocenters. The molecule has 1 heterocycles. The number of anilines is 1. The van der Waals surface area contributed by atoms with Gasteiger partial charge in [0.2, 0.25) is 5.91 Å². The highest BCUT2D eigenvalue weighted by Gasteiger charge is 2.22. The number of unbranched alkanes of at least 4 members (excludes halogenated alkanes) is 2. The first kappa shape index (κ1) is 26.1. The quantitative estimate of drug-likeness (QED) is 0.318. The Kier molecular flexibility index (Phi) is 9.96. The lowest BCUT2D eigenvalue weighted by Crippen LogP contribution is -2.45. The third-order valence-corrected chi connectivity index (χ3v) is 6.04. The Bertz CT molecular complexity index is 1080. The van der Waals surface area contributed by atoms with Crippen LogP contribution in [0.15, 0.2) is 71.1 Å². The molecule has 0 radical (unpaired) electrons. The van der Waals surface area contributed by atoms with E-state index >= 15 is 0 Å². The van der Waals surface area contributed by atoms with Gasteiger partial charge in [-0.1, -0.05) is 68.3 Å². The maximum Gasteiger partial charge on any atom is 0.322 e. The fourth-order valence-electron chi connectivity index (χ4n) is 3.93. The number of aryl methyl sites for hydroxylation is 2. The molecule has 0 fully saturated rings. The number of furan rings is 1. The number of nitrogens with zero attached hydrogens (tertiary/aromatic N) is 2. The molecule has 3 aromatic rings. The minimum absolute atomic E-state index is 0.0237. The van der Waals surface area contributed by atoms with Crippen LogP contribution in [0.4, 0.5) is 10.5 Å². The highest BCUT2D eigenvalue weighted by molar-refractivity contribution is 5.93. The van der Waals surface area contributed by atoms with E-state index in [2.05, 4.69) is 24.4 Å². The second kappa shape index (κ2) is 13.4. The molecule has 0 aliphatic heterocycles. The van der Waals surface area contributed by atoms with E-state index in [0.29, 0.717) is 19.6 Å². The molecule has 0 saturated heterocycles. The van der Waals surface area contributed by atoms with E-state index in [1.54, 1.807) is 9.80 Å². The molecule has 0 aliphatic rings. The number of rotatable bonds is 12. The summed E-state index contributed by atoms with van der Waals surface area (Å²) in [6.45, 7) is 7.45. The SMILES string of the molecule is CCCCCN(CC(=O)N(CCc1ccccc1)Cc1ccc(C)o1)C(=O)Nc1ccccc1C. The average Bonchev–Trinajstić information content (AvgIpc) is 3.27. The van der Waals surface area contributed by atoms with Crippen molar-refractivity contribution in [2.75, 3.05) is 25.0 Å². The van der Waals surface area contributed by atoms with Gasteiger partial charge in [0.15, 0.2) is 0 Å². The van der Waals surface area contributed by atoms with Crippen LogP contribution in [0.1, 0.15) is 48.8 Å². The second-order valence-electron chi connectivity index (χ2n) is 8.94. The maximum absolute atomic E-state index is 13.5. The van der Waals surface area contributed by atoms with Crippen LogP contribution < -0.4 is 5.32 Å². The number of nitrogens with one attached hydrogen (secondary N) is 1. The molecule has 0 spiro atoms. The van der Waals surface area contributed by atoms with Crippen LogP contribution >= 0.6 is 0 Å². The van der Waals surface area contributed by atoms with E-state index in [0.717, 1.165) is 54.0 Å². The van der Waals surface area contributed by atoms with Gasteiger partial charge in [-0.3, -0.25) is 4.79 Å². The lowest BCUT2D eigenvalue weighted by atomic mass is 10.1. The normalized spacial score (nSPS) is 10.7. The van der Waals surface area contributed by atoms with Crippen molar-refractivity contribution in [3.63, 3.8) is 0 Å². The molecule has 3 rings (SSSR count). The molecule has 0 saturated carbocycles. The van der Waals surface area contributed by atoms with Gasteiger partial charge in [-0.05, 0) is 56.0 Å². The Hall–Kier alpha value is -3.54. The first-order valence-corrected chi connectivity index (χ1v) is 12.4. The minimum atomic E-state index is -0.249. The van der Waals surface area contributed by atoms with Gasteiger partial charge < -0.3 is 19.5 Å². The zero-order valence-corrected chi connectivity index (χ0v) is 21.1. The van der Waals surface area contributed by atoms with E-state index in [1.165, 1.54) is 0 Å². The molecule has 2 aromatic carbocycles. The zero-order chi connectivity index (χ0) is 25.0. The highest BCUT2D eigenvalue weighted by Crippen LogP contribution is 2.16. The summed E-state index contributed by atoms with van der Waals surface area (Å²) >= 11 is 0. The van der Waals surface area contributed by atoms with Crippen LogP contribution in [0.25, 0.3) is 0 Å². The molecule has 0 aliphatic carbocycles. The van der Waals surface area contributed by atoms with Crippen LogP contribution in [0, 0.1) is 13.8 Å². The van der Waals surface area contributed by atoms with Crippen molar-refractivity contribution in [1.29, 1.82) is 0 Å². The largest absolute Gasteiger partial charge is 0.464 e. The summed E-state index contributed by atoms with van der Waals surface area (Å²) in [6.07, 6.45) is 3.64. The van der Waals surface area contributed by atoms with Gasteiger partial charge in [-0.2, -0.15) is 0 Å². The molecule has 6 nitrogen and oxygen atoms in total. The second-order valence-corrected chi connectivity index (χ2v) is 8.94. The van der Waals surface area contributed by atoms with Gasteiger partial charge in [0.05, 0.1) is 6.54 Å². The van der Waals surface area contributed by atoms with Crippen LogP contribution in [0.2, 0.25) is 0 Å². The van der Waals surface area contributed by atoms with Gasteiger partial charge >= 0.3 is 6.03 Å². The third kappa shape index (κ3) is 8.32. The number of urea groups is 1. The molecule has 35 heavy (non-hydrogen) atoms. The number of amides is 3. The molecular weight excluding hydrogens is 438 g/mol. The van der Waals surface area contributed by atoms with Gasteiger partial charge in [0, 0.05) is 18.8 Å². The van der Waals surface area contributed by atoms with Crippen LogP contribution in [0.5, 0.6) is 0 Å². The summed E-state index contributed by atoms with van der Waals surface area (Å²) < 4.78 is 5.75. The van der Waals surface area contributed by atoms with Crippen molar-refractivity contribution in [3.8, 4) is 0 Å². The van der Waals surface area contributed by atoms with E-state index in [-0.39, 0.29) is 18.5 Å². The predicted molar refractivity (Wildman–Crippen MR) is 140 cm³/mol. The van der Waals surface area contributed by atoms with Crippen LogP contribution in [-0.2, 0) is 17.8 Å². The van der Waals surface area contributed by atoms with Gasteiger partial charge in [-0.25, -0.2) is 4.79 Å². The highest BCUT2D eigenvalue weighted by atomic mass is 16.3. The van der Waals surface area contributed by atoms with Crippen molar-refractivity contribution in [2.45, 2.75) is 53.0 Å². The van der Waals surface area contributed by atoms with Crippen molar-refractivity contribution in [1.82, 2.24) is 9.80 Å². The third-order valence-electron chi connectivity index (χ3n) is 6.04. The van der Waals surface area contributed by atoms with E-state index in [1.807, 2.05) is 68.4 Å². The lowest BCUT2D eigenvalue weighted by molar-refractivity contribution is -0.132. The Morgan fingerprint density at radius 1 is 0.857 bits per heavy atom. The number of benzene rings is 2. The Morgan fingerprint density at radius 3 is 2.29 bits per heavy atom.